The van der Waals surface area contributed by atoms with Crippen LogP contribution in [0.3, 0.4) is 0 Å². The minimum atomic E-state index is 0.150. The van der Waals surface area contributed by atoms with Gasteiger partial charge in [-0.15, -0.1) is 0 Å². The molecule has 0 spiro atoms. The summed E-state index contributed by atoms with van der Waals surface area (Å²) >= 11 is 0. The van der Waals surface area contributed by atoms with E-state index in [1.165, 1.54) is 11.1 Å². The molecule has 0 bridgehead atoms. The average molecular weight is 273 g/mol. The van der Waals surface area contributed by atoms with E-state index < -0.39 is 0 Å². The standard InChI is InChI=1S/C17H23NO2/c1-5-16-15(10-11-19-16)17(18-4)13-6-8-14(9-7-13)20-12(2)3/h6-12,17-18H,5H2,1-4H3. The van der Waals surface area contributed by atoms with Crippen LogP contribution < -0.4 is 10.1 Å². The molecule has 1 aromatic heterocycles. The highest BCUT2D eigenvalue weighted by atomic mass is 16.5. The van der Waals surface area contributed by atoms with Gasteiger partial charge in [0.05, 0.1) is 18.4 Å². The second kappa shape index (κ2) is 6.62. The fraction of sp³-hybridized carbons (Fsp3) is 0.412. The lowest BCUT2D eigenvalue weighted by atomic mass is 9.98. The Morgan fingerprint density at radius 1 is 1.15 bits per heavy atom. The summed E-state index contributed by atoms with van der Waals surface area (Å²) in [6.07, 6.45) is 2.85. The van der Waals surface area contributed by atoms with E-state index in [0.717, 1.165) is 17.9 Å². The van der Waals surface area contributed by atoms with Crippen molar-refractivity contribution in [3.8, 4) is 5.75 Å². The minimum absolute atomic E-state index is 0.150. The third-order valence-electron chi connectivity index (χ3n) is 3.29. The highest BCUT2D eigenvalue weighted by molar-refractivity contribution is 5.36. The molecule has 0 saturated carbocycles. The van der Waals surface area contributed by atoms with Crippen molar-refractivity contribution < 1.29 is 9.15 Å². The fourth-order valence-electron chi connectivity index (χ4n) is 2.41. The van der Waals surface area contributed by atoms with Gasteiger partial charge in [0.2, 0.25) is 0 Å². The van der Waals surface area contributed by atoms with Crippen molar-refractivity contribution in [3.63, 3.8) is 0 Å². The summed E-state index contributed by atoms with van der Waals surface area (Å²) in [5, 5.41) is 3.35. The molecule has 1 atom stereocenters. The van der Waals surface area contributed by atoms with Crippen LogP contribution in [0.2, 0.25) is 0 Å². The molecular formula is C17H23NO2. The molecule has 1 unspecified atom stereocenters. The summed E-state index contributed by atoms with van der Waals surface area (Å²) in [4.78, 5) is 0. The first-order chi connectivity index (χ1) is 9.65. The van der Waals surface area contributed by atoms with Gasteiger partial charge in [-0.1, -0.05) is 19.1 Å². The Bertz CT molecular complexity index is 528. The van der Waals surface area contributed by atoms with Gasteiger partial charge in [-0.2, -0.15) is 0 Å². The van der Waals surface area contributed by atoms with E-state index >= 15 is 0 Å². The van der Waals surface area contributed by atoms with Gasteiger partial charge in [0.1, 0.15) is 11.5 Å². The van der Waals surface area contributed by atoms with E-state index in [1.54, 1.807) is 6.26 Å². The van der Waals surface area contributed by atoms with Crippen LogP contribution in [-0.4, -0.2) is 13.2 Å². The maximum atomic E-state index is 5.68. The van der Waals surface area contributed by atoms with Gasteiger partial charge in [-0.05, 0) is 44.7 Å². The van der Waals surface area contributed by atoms with Crippen LogP contribution in [0.15, 0.2) is 41.0 Å². The Labute approximate surface area is 121 Å². The Balaban J connectivity index is 2.24. The number of ether oxygens (including phenoxy) is 1. The molecule has 1 heterocycles. The first-order valence-corrected chi connectivity index (χ1v) is 7.15. The number of benzene rings is 1. The number of hydrogen-bond acceptors (Lipinski definition) is 3. The van der Waals surface area contributed by atoms with E-state index in [0.29, 0.717) is 0 Å². The molecule has 1 aromatic carbocycles. The summed E-state index contributed by atoms with van der Waals surface area (Å²) < 4.78 is 11.2. The average Bonchev–Trinajstić information content (AvgIpc) is 2.89. The summed E-state index contributed by atoms with van der Waals surface area (Å²) in [5.74, 6) is 1.94. The zero-order valence-corrected chi connectivity index (χ0v) is 12.6. The highest BCUT2D eigenvalue weighted by Crippen LogP contribution is 2.27. The Morgan fingerprint density at radius 3 is 2.40 bits per heavy atom. The molecule has 1 N–H and O–H groups in total. The monoisotopic (exact) mass is 273 g/mol. The maximum Gasteiger partial charge on any atom is 0.119 e. The molecule has 0 radical (unpaired) electrons. The van der Waals surface area contributed by atoms with E-state index in [2.05, 4.69) is 24.4 Å². The van der Waals surface area contributed by atoms with Crippen molar-refractivity contribution in [3.05, 3.63) is 53.5 Å². The van der Waals surface area contributed by atoms with Gasteiger partial charge in [-0.25, -0.2) is 0 Å². The number of furan rings is 1. The van der Waals surface area contributed by atoms with Crippen molar-refractivity contribution in [1.82, 2.24) is 5.32 Å². The molecule has 3 heteroatoms. The van der Waals surface area contributed by atoms with Crippen LogP contribution in [0.4, 0.5) is 0 Å². The quantitative estimate of drug-likeness (QED) is 0.865. The molecule has 0 aliphatic carbocycles. The number of nitrogens with one attached hydrogen (secondary N) is 1. The third-order valence-corrected chi connectivity index (χ3v) is 3.29. The Morgan fingerprint density at radius 2 is 1.85 bits per heavy atom. The van der Waals surface area contributed by atoms with Crippen LogP contribution in [0.5, 0.6) is 5.75 Å². The van der Waals surface area contributed by atoms with Crippen molar-refractivity contribution in [2.45, 2.75) is 39.3 Å². The predicted molar refractivity (Wildman–Crippen MR) is 81.2 cm³/mol. The smallest absolute Gasteiger partial charge is 0.119 e. The molecule has 20 heavy (non-hydrogen) atoms. The molecule has 0 aliphatic heterocycles. The van der Waals surface area contributed by atoms with Crippen LogP contribution in [-0.2, 0) is 6.42 Å². The second-order valence-electron chi connectivity index (χ2n) is 5.11. The zero-order valence-electron chi connectivity index (χ0n) is 12.6. The molecule has 108 valence electrons. The van der Waals surface area contributed by atoms with Crippen molar-refractivity contribution in [2.24, 2.45) is 0 Å². The summed E-state index contributed by atoms with van der Waals surface area (Å²) in [7, 11) is 1.97. The van der Waals surface area contributed by atoms with E-state index in [-0.39, 0.29) is 12.1 Å². The van der Waals surface area contributed by atoms with Crippen molar-refractivity contribution in [1.29, 1.82) is 0 Å². The molecule has 0 fully saturated rings. The van der Waals surface area contributed by atoms with Crippen molar-refractivity contribution >= 4 is 0 Å². The summed E-state index contributed by atoms with van der Waals surface area (Å²) in [6, 6.07) is 10.4. The Kier molecular flexibility index (Phi) is 4.85. The lowest BCUT2D eigenvalue weighted by Crippen LogP contribution is -2.18. The fourth-order valence-corrected chi connectivity index (χ4v) is 2.41. The van der Waals surface area contributed by atoms with Crippen LogP contribution in [0.1, 0.15) is 43.7 Å². The minimum Gasteiger partial charge on any atom is -0.491 e. The third kappa shape index (κ3) is 3.23. The normalized spacial score (nSPS) is 12.7. The SMILES string of the molecule is CCc1occc1C(NC)c1ccc(OC(C)C)cc1. The molecule has 3 nitrogen and oxygen atoms in total. The first-order valence-electron chi connectivity index (χ1n) is 7.15. The van der Waals surface area contributed by atoms with Gasteiger partial charge in [0.15, 0.2) is 0 Å². The molecule has 2 rings (SSSR count). The van der Waals surface area contributed by atoms with Crippen molar-refractivity contribution in [2.75, 3.05) is 7.05 Å². The highest BCUT2D eigenvalue weighted by Gasteiger charge is 2.17. The molecular weight excluding hydrogens is 250 g/mol. The van der Waals surface area contributed by atoms with E-state index in [9.17, 15) is 0 Å². The molecule has 0 amide bonds. The molecule has 0 aliphatic rings. The van der Waals surface area contributed by atoms with Crippen LogP contribution in [0.25, 0.3) is 0 Å². The van der Waals surface area contributed by atoms with Crippen LogP contribution >= 0.6 is 0 Å². The van der Waals surface area contributed by atoms with Gasteiger partial charge in [0.25, 0.3) is 0 Å². The zero-order chi connectivity index (χ0) is 14.5. The van der Waals surface area contributed by atoms with Gasteiger partial charge in [0, 0.05) is 12.0 Å². The van der Waals surface area contributed by atoms with Gasteiger partial charge < -0.3 is 14.5 Å². The molecule has 2 aromatic rings. The maximum absolute atomic E-state index is 5.68. The summed E-state index contributed by atoms with van der Waals surface area (Å²) in [5.41, 5.74) is 2.41. The number of hydrogen-bond donors (Lipinski definition) is 1. The van der Waals surface area contributed by atoms with E-state index in [1.807, 2.05) is 39.1 Å². The van der Waals surface area contributed by atoms with Gasteiger partial charge in [-0.3, -0.25) is 0 Å². The topological polar surface area (TPSA) is 34.4 Å². The largest absolute Gasteiger partial charge is 0.491 e. The number of aryl methyl sites for hydroxylation is 1. The number of rotatable bonds is 6. The summed E-state index contributed by atoms with van der Waals surface area (Å²) in [6.45, 7) is 6.17. The first kappa shape index (κ1) is 14.7. The lowest BCUT2D eigenvalue weighted by Gasteiger charge is -2.17. The van der Waals surface area contributed by atoms with E-state index in [4.69, 9.17) is 9.15 Å². The molecule has 0 saturated heterocycles. The van der Waals surface area contributed by atoms with Gasteiger partial charge >= 0.3 is 0 Å². The second-order valence-corrected chi connectivity index (χ2v) is 5.11. The lowest BCUT2D eigenvalue weighted by molar-refractivity contribution is 0.242. The predicted octanol–water partition coefficient (Wildman–Crippen LogP) is 3.94. The van der Waals surface area contributed by atoms with Crippen LogP contribution in [0, 0.1) is 0 Å². The Hall–Kier alpha value is -1.74.